The van der Waals surface area contributed by atoms with Crippen LogP contribution < -0.4 is 5.32 Å². The van der Waals surface area contributed by atoms with Crippen LogP contribution in [0.3, 0.4) is 0 Å². The summed E-state index contributed by atoms with van der Waals surface area (Å²) in [6, 6.07) is 0. The first-order valence-electron chi connectivity index (χ1n) is 7.67. The Balaban J connectivity index is 1.87. The van der Waals surface area contributed by atoms with Gasteiger partial charge >= 0.3 is 6.09 Å². The minimum atomic E-state index is -0.445. The van der Waals surface area contributed by atoms with Gasteiger partial charge in [-0.05, 0) is 20.8 Å². The zero-order chi connectivity index (χ0) is 16.3. The lowest BCUT2D eigenvalue weighted by atomic mass is 10.2. The molecule has 0 aromatic rings. The Morgan fingerprint density at radius 2 is 1.91 bits per heavy atom. The molecule has 0 bridgehead atoms. The van der Waals surface area contributed by atoms with Crippen molar-refractivity contribution in [3.8, 4) is 0 Å². The summed E-state index contributed by atoms with van der Waals surface area (Å²) in [6.45, 7) is 9.28. The number of nitrogens with zero attached hydrogens (tertiary/aromatic N) is 4. The molecule has 0 saturated carbocycles. The van der Waals surface area contributed by atoms with Crippen LogP contribution in [0.2, 0.25) is 0 Å². The molecule has 1 fully saturated rings. The molecule has 0 aliphatic carbocycles. The summed E-state index contributed by atoms with van der Waals surface area (Å²) < 4.78 is 5.41. The van der Waals surface area contributed by atoms with E-state index in [9.17, 15) is 4.79 Å². The number of hydrogen-bond donors (Lipinski definition) is 1. The Morgan fingerprint density at radius 3 is 2.36 bits per heavy atom. The molecule has 7 heteroatoms. The number of amides is 1. The second kappa shape index (κ2) is 6.46. The molecule has 0 atom stereocenters. The van der Waals surface area contributed by atoms with Gasteiger partial charge in [0.1, 0.15) is 17.3 Å². The molecule has 2 rings (SSSR count). The molecule has 0 radical (unpaired) electrons. The number of carbonyl (C=O) groups excluding carboxylic acids is 1. The van der Waals surface area contributed by atoms with Crippen LogP contribution in [0, 0.1) is 0 Å². The van der Waals surface area contributed by atoms with E-state index in [1.165, 1.54) is 0 Å². The molecule has 1 N–H and O–H groups in total. The van der Waals surface area contributed by atoms with Gasteiger partial charge in [-0.25, -0.2) is 9.79 Å². The molecule has 7 nitrogen and oxygen atoms in total. The number of piperazine rings is 1. The molecular formula is C15H27N5O2. The highest BCUT2D eigenvalue weighted by Gasteiger charge is 2.27. The number of amidine groups is 1. The van der Waals surface area contributed by atoms with Crippen molar-refractivity contribution in [2.24, 2.45) is 4.99 Å². The van der Waals surface area contributed by atoms with Gasteiger partial charge in [0.15, 0.2) is 0 Å². The zero-order valence-corrected chi connectivity index (χ0v) is 14.2. The first kappa shape index (κ1) is 16.5. The standard InChI is InChI=1S/C15H27N5O2/c1-15(2,3)22-14(21)20-8-6-19(7-9-20)13-11-16-12(10-17-13)18(4)5/h10,16H,6-9,11H2,1-5H3. The molecule has 0 spiro atoms. The van der Waals surface area contributed by atoms with E-state index in [1.807, 2.05) is 46.0 Å². The average Bonchev–Trinajstić information content (AvgIpc) is 2.46. The van der Waals surface area contributed by atoms with Crippen molar-refractivity contribution < 1.29 is 9.53 Å². The molecule has 2 aliphatic rings. The van der Waals surface area contributed by atoms with Gasteiger partial charge in [0.25, 0.3) is 0 Å². The van der Waals surface area contributed by atoms with Gasteiger partial charge in [0.05, 0.1) is 12.7 Å². The van der Waals surface area contributed by atoms with E-state index in [-0.39, 0.29) is 6.09 Å². The first-order chi connectivity index (χ1) is 10.3. The van der Waals surface area contributed by atoms with Crippen molar-refractivity contribution in [2.45, 2.75) is 26.4 Å². The van der Waals surface area contributed by atoms with Gasteiger partial charge in [-0.15, -0.1) is 0 Å². The summed E-state index contributed by atoms with van der Waals surface area (Å²) in [5.74, 6) is 2.03. The van der Waals surface area contributed by atoms with E-state index < -0.39 is 5.60 Å². The van der Waals surface area contributed by atoms with E-state index in [1.54, 1.807) is 4.90 Å². The molecule has 0 aromatic heterocycles. The maximum absolute atomic E-state index is 12.0. The normalized spacial score (nSPS) is 19.1. The van der Waals surface area contributed by atoms with Crippen LogP contribution in [0.15, 0.2) is 17.0 Å². The molecule has 0 aromatic carbocycles. The SMILES string of the molecule is CN(C)C1=CN=C(N2CCN(C(=O)OC(C)(C)C)CC2)CN1. The summed E-state index contributed by atoms with van der Waals surface area (Å²) in [6.07, 6.45) is 1.62. The molecule has 1 amide bonds. The lowest BCUT2D eigenvalue weighted by molar-refractivity contribution is 0.0186. The highest BCUT2D eigenvalue weighted by molar-refractivity contribution is 5.86. The van der Waals surface area contributed by atoms with Crippen LogP contribution in [-0.2, 0) is 4.74 Å². The van der Waals surface area contributed by atoms with Crippen molar-refractivity contribution in [3.05, 3.63) is 12.0 Å². The molecule has 2 heterocycles. The Morgan fingerprint density at radius 1 is 1.27 bits per heavy atom. The summed E-state index contributed by atoms with van der Waals surface area (Å²) in [5.41, 5.74) is -0.445. The maximum atomic E-state index is 12.0. The Bertz CT molecular complexity index is 471. The van der Waals surface area contributed by atoms with Gasteiger partial charge in [-0.1, -0.05) is 0 Å². The predicted molar refractivity (Wildman–Crippen MR) is 86.6 cm³/mol. The predicted octanol–water partition coefficient (Wildman–Crippen LogP) is 0.901. The summed E-state index contributed by atoms with van der Waals surface area (Å²) >= 11 is 0. The van der Waals surface area contributed by atoms with Gasteiger partial charge < -0.3 is 24.8 Å². The lowest BCUT2D eigenvalue weighted by Crippen LogP contribution is -2.53. The topological polar surface area (TPSA) is 60.4 Å². The fourth-order valence-corrected chi connectivity index (χ4v) is 2.34. The van der Waals surface area contributed by atoms with Crippen molar-refractivity contribution in [1.29, 1.82) is 0 Å². The first-order valence-corrected chi connectivity index (χ1v) is 7.67. The number of carbonyl (C=O) groups is 1. The number of ether oxygens (including phenoxy) is 1. The van der Waals surface area contributed by atoms with E-state index in [4.69, 9.17) is 4.74 Å². The second-order valence-corrected chi connectivity index (χ2v) is 6.76. The van der Waals surface area contributed by atoms with Crippen LogP contribution >= 0.6 is 0 Å². The monoisotopic (exact) mass is 309 g/mol. The highest BCUT2D eigenvalue weighted by Crippen LogP contribution is 2.13. The van der Waals surface area contributed by atoms with Gasteiger partial charge in [-0.3, -0.25) is 0 Å². The third-order valence-electron chi connectivity index (χ3n) is 3.54. The maximum Gasteiger partial charge on any atom is 0.410 e. The largest absolute Gasteiger partial charge is 0.444 e. The minimum absolute atomic E-state index is 0.231. The summed E-state index contributed by atoms with van der Waals surface area (Å²) in [5, 5.41) is 3.34. The second-order valence-electron chi connectivity index (χ2n) is 6.76. The Kier molecular flexibility index (Phi) is 4.83. The number of hydrogen-bond acceptors (Lipinski definition) is 6. The van der Waals surface area contributed by atoms with Crippen molar-refractivity contribution in [2.75, 3.05) is 46.8 Å². The van der Waals surface area contributed by atoms with Crippen LogP contribution in [0.4, 0.5) is 4.79 Å². The van der Waals surface area contributed by atoms with E-state index >= 15 is 0 Å². The lowest BCUT2D eigenvalue weighted by Gasteiger charge is -2.38. The fraction of sp³-hybridized carbons (Fsp3) is 0.733. The zero-order valence-electron chi connectivity index (χ0n) is 14.2. The number of aliphatic imine (C=N–C) groups is 1. The van der Waals surface area contributed by atoms with Gasteiger partial charge in [0.2, 0.25) is 0 Å². The molecule has 2 aliphatic heterocycles. The van der Waals surface area contributed by atoms with Crippen molar-refractivity contribution in [3.63, 3.8) is 0 Å². The molecular weight excluding hydrogens is 282 g/mol. The highest BCUT2D eigenvalue weighted by atomic mass is 16.6. The van der Waals surface area contributed by atoms with Gasteiger partial charge in [0, 0.05) is 40.3 Å². The summed E-state index contributed by atoms with van der Waals surface area (Å²) in [7, 11) is 3.97. The third-order valence-corrected chi connectivity index (χ3v) is 3.54. The van der Waals surface area contributed by atoms with Crippen LogP contribution in [-0.4, -0.2) is 79.0 Å². The molecule has 22 heavy (non-hydrogen) atoms. The van der Waals surface area contributed by atoms with E-state index in [2.05, 4.69) is 15.2 Å². The van der Waals surface area contributed by atoms with Crippen molar-refractivity contribution in [1.82, 2.24) is 20.0 Å². The van der Waals surface area contributed by atoms with Crippen LogP contribution in [0.5, 0.6) is 0 Å². The fourth-order valence-electron chi connectivity index (χ4n) is 2.34. The Labute approximate surface area is 132 Å². The molecule has 0 unspecified atom stereocenters. The Hall–Kier alpha value is -1.92. The van der Waals surface area contributed by atoms with E-state index in [0.29, 0.717) is 13.1 Å². The van der Waals surface area contributed by atoms with Crippen LogP contribution in [0.25, 0.3) is 0 Å². The third kappa shape index (κ3) is 4.29. The average molecular weight is 309 g/mol. The van der Waals surface area contributed by atoms with Gasteiger partial charge in [-0.2, -0.15) is 0 Å². The van der Waals surface area contributed by atoms with E-state index in [0.717, 1.165) is 31.3 Å². The number of rotatable bonds is 1. The number of nitrogens with one attached hydrogen (secondary N) is 1. The molecule has 124 valence electrons. The molecule has 1 saturated heterocycles. The minimum Gasteiger partial charge on any atom is -0.444 e. The van der Waals surface area contributed by atoms with Crippen molar-refractivity contribution >= 4 is 11.9 Å². The summed E-state index contributed by atoms with van der Waals surface area (Å²) in [4.78, 5) is 22.6. The van der Waals surface area contributed by atoms with Crippen LogP contribution in [0.1, 0.15) is 20.8 Å². The smallest absolute Gasteiger partial charge is 0.410 e. The quantitative estimate of drug-likeness (QED) is 0.780.